The second-order valence-electron chi connectivity index (χ2n) is 4.01. The lowest BCUT2D eigenvalue weighted by molar-refractivity contribution is 0.180. The van der Waals surface area contributed by atoms with Gasteiger partial charge in [-0.05, 0) is 35.8 Å². The van der Waals surface area contributed by atoms with Gasteiger partial charge in [-0.25, -0.2) is 18.1 Å². The monoisotopic (exact) mass is 351 g/mol. The largest absolute Gasteiger partial charge is 0.383 e. The summed E-state index contributed by atoms with van der Waals surface area (Å²) in [5.41, 5.74) is 0. The van der Waals surface area contributed by atoms with Crippen molar-refractivity contribution in [1.82, 2.24) is 9.71 Å². The average Bonchev–Trinajstić information content (AvgIpc) is 2.31. The third kappa shape index (κ3) is 4.72. The summed E-state index contributed by atoms with van der Waals surface area (Å²) in [6.07, 6.45) is 1.55. The number of hydrogen-bond donors (Lipinski definition) is 2. The van der Waals surface area contributed by atoms with E-state index >= 15 is 0 Å². The zero-order chi connectivity index (χ0) is 14.5. The first-order valence-electron chi connectivity index (χ1n) is 5.81. The van der Waals surface area contributed by atoms with E-state index in [1.807, 2.05) is 6.92 Å². The molecule has 1 unspecified atom stereocenters. The molecule has 2 N–H and O–H groups in total. The fourth-order valence-electron chi connectivity index (χ4n) is 1.54. The number of aromatic nitrogens is 1. The molecule has 1 aromatic heterocycles. The zero-order valence-electron chi connectivity index (χ0n) is 11.1. The highest BCUT2D eigenvalue weighted by Crippen LogP contribution is 2.22. The quantitative estimate of drug-likeness (QED) is 0.779. The number of hydrogen-bond acceptors (Lipinski definition) is 5. The lowest BCUT2D eigenvalue weighted by atomic mass is 10.4. The molecule has 19 heavy (non-hydrogen) atoms. The van der Waals surface area contributed by atoms with Crippen molar-refractivity contribution in [3.63, 3.8) is 0 Å². The van der Waals surface area contributed by atoms with Crippen molar-refractivity contribution in [3.05, 3.63) is 16.7 Å². The Hall–Kier alpha value is -0.700. The van der Waals surface area contributed by atoms with Gasteiger partial charge >= 0.3 is 0 Å². The number of ether oxygens (including phenoxy) is 1. The van der Waals surface area contributed by atoms with Crippen LogP contribution in [-0.4, -0.2) is 39.7 Å². The van der Waals surface area contributed by atoms with Gasteiger partial charge in [0.05, 0.1) is 6.61 Å². The lowest BCUT2D eigenvalue weighted by Crippen LogP contribution is -2.36. The number of rotatable bonds is 7. The molecule has 1 atom stereocenters. The number of sulfonamides is 1. The Labute approximate surface area is 122 Å². The maximum absolute atomic E-state index is 12.3. The van der Waals surface area contributed by atoms with Gasteiger partial charge in [0.15, 0.2) is 0 Å². The average molecular weight is 352 g/mol. The molecule has 0 bridgehead atoms. The Kier molecular flexibility index (Phi) is 6.18. The van der Waals surface area contributed by atoms with Crippen molar-refractivity contribution in [2.24, 2.45) is 0 Å². The fraction of sp³-hybridized carbons (Fsp3) is 0.545. The smallest absolute Gasteiger partial charge is 0.244 e. The second-order valence-corrected chi connectivity index (χ2v) is 6.61. The number of nitrogens with zero attached hydrogens (tertiary/aromatic N) is 1. The first kappa shape index (κ1) is 16.4. The van der Waals surface area contributed by atoms with Gasteiger partial charge in [0.2, 0.25) is 10.0 Å². The Balaban J connectivity index is 3.08. The van der Waals surface area contributed by atoms with Crippen LogP contribution in [0, 0.1) is 0 Å². The first-order valence-corrected chi connectivity index (χ1v) is 8.09. The first-order chi connectivity index (χ1) is 8.90. The van der Waals surface area contributed by atoms with Gasteiger partial charge in [0.25, 0.3) is 0 Å². The standard InChI is InChI=1S/C11H18BrN3O3S/c1-4-13-11-10(5-9(12)6-14-11)19(16,17)15-8(2)7-18-3/h5-6,8,15H,4,7H2,1-3H3,(H,13,14). The Morgan fingerprint density at radius 1 is 1.53 bits per heavy atom. The van der Waals surface area contributed by atoms with Gasteiger partial charge in [-0.15, -0.1) is 0 Å². The number of nitrogens with one attached hydrogen (secondary N) is 2. The minimum Gasteiger partial charge on any atom is -0.383 e. The number of methoxy groups -OCH3 is 1. The fourth-order valence-corrected chi connectivity index (χ4v) is 3.41. The van der Waals surface area contributed by atoms with Crippen LogP contribution in [0.2, 0.25) is 0 Å². The molecular formula is C11H18BrN3O3S. The molecule has 0 aliphatic rings. The van der Waals surface area contributed by atoms with Crippen molar-refractivity contribution >= 4 is 31.8 Å². The van der Waals surface area contributed by atoms with Crippen LogP contribution in [0.15, 0.2) is 21.6 Å². The minimum absolute atomic E-state index is 0.117. The van der Waals surface area contributed by atoms with Crippen molar-refractivity contribution in [3.8, 4) is 0 Å². The van der Waals surface area contributed by atoms with Crippen LogP contribution in [0.25, 0.3) is 0 Å². The highest BCUT2D eigenvalue weighted by Gasteiger charge is 2.22. The normalized spacial score (nSPS) is 13.3. The SMILES string of the molecule is CCNc1ncc(Br)cc1S(=O)(=O)NC(C)COC. The Bertz CT molecular complexity index is 522. The summed E-state index contributed by atoms with van der Waals surface area (Å²) >= 11 is 3.23. The maximum Gasteiger partial charge on any atom is 0.244 e. The van der Waals surface area contributed by atoms with Crippen molar-refractivity contribution in [2.45, 2.75) is 24.8 Å². The summed E-state index contributed by atoms with van der Waals surface area (Å²) in [6.45, 7) is 4.50. The molecular weight excluding hydrogens is 334 g/mol. The van der Waals surface area contributed by atoms with Crippen LogP contribution in [0.1, 0.15) is 13.8 Å². The van der Waals surface area contributed by atoms with Crippen LogP contribution in [0.5, 0.6) is 0 Å². The van der Waals surface area contributed by atoms with E-state index in [1.165, 1.54) is 13.2 Å². The van der Waals surface area contributed by atoms with Crippen LogP contribution < -0.4 is 10.0 Å². The van der Waals surface area contributed by atoms with Crippen molar-refractivity contribution in [2.75, 3.05) is 25.6 Å². The summed E-state index contributed by atoms with van der Waals surface area (Å²) < 4.78 is 32.7. The molecule has 0 saturated heterocycles. The van der Waals surface area contributed by atoms with Crippen LogP contribution in [0.4, 0.5) is 5.82 Å². The van der Waals surface area contributed by atoms with Gasteiger partial charge < -0.3 is 10.1 Å². The second kappa shape index (κ2) is 7.18. The number of anilines is 1. The minimum atomic E-state index is -3.64. The van der Waals surface area contributed by atoms with Crippen LogP contribution >= 0.6 is 15.9 Å². The van der Waals surface area contributed by atoms with E-state index in [4.69, 9.17) is 4.74 Å². The van der Waals surface area contributed by atoms with E-state index in [0.717, 1.165) is 0 Å². The molecule has 0 saturated carbocycles. The lowest BCUT2D eigenvalue weighted by Gasteiger charge is -2.15. The van der Waals surface area contributed by atoms with Crippen molar-refractivity contribution < 1.29 is 13.2 Å². The molecule has 0 aromatic carbocycles. The van der Waals surface area contributed by atoms with Crippen LogP contribution in [-0.2, 0) is 14.8 Å². The van der Waals surface area contributed by atoms with Gasteiger partial charge in [0, 0.05) is 30.4 Å². The summed E-state index contributed by atoms with van der Waals surface area (Å²) in [6, 6.07) is 1.20. The topological polar surface area (TPSA) is 80.3 Å². The van der Waals surface area contributed by atoms with E-state index in [2.05, 4.69) is 31.0 Å². The van der Waals surface area contributed by atoms with Gasteiger partial charge in [-0.1, -0.05) is 0 Å². The predicted octanol–water partition coefficient (Wildman–Crippen LogP) is 1.59. The molecule has 1 aromatic rings. The third-order valence-corrected chi connectivity index (χ3v) is 4.26. The third-order valence-electron chi connectivity index (χ3n) is 2.23. The number of pyridine rings is 1. The maximum atomic E-state index is 12.3. The van der Waals surface area contributed by atoms with Gasteiger partial charge in [-0.2, -0.15) is 0 Å². The molecule has 8 heteroatoms. The van der Waals surface area contributed by atoms with E-state index in [-0.39, 0.29) is 10.9 Å². The summed E-state index contributed by atoms with van der Waals surface area (Å²) in [7, 11) is -2.12. The highest BCUT2D eigenvalue weighted by molar-refractivity contribution is 9.10. The zero-order valence-corrected chi connectivity index (χ0v) is 13.5. The summed E-state index contributed by atoms with van der Waals surface area (Å²) in [4.78, 5) is 4.20. The van der Waals surface area contributed by atoms with Gasteiger partial charge in [-0.3, -0.25) is 0 Å². The van der Waals surface area contributed by atoms with Gasteiger partial charge in [0.1, 0.15) is 10.7 Å². The van der Waals surface area contributed by atoms with Crippen LogP contribution in [0.3, 0.4) is 0 Å². The molecule has 0 fully saturated rings. The highest BCUT2D eigenvalue weighted by atomic mass is 79.9. The van der Waals surface area contributed by atoms with Crippen molar-refractivity contribution in [1.29, 1.82) is 0 Å². The molecule has 0 amide bonds. The molecule has 0 radical (unpaired) electrons. The molecule has 0 spiro atoms. The van der Waals surface area contributed by atoms with E-state index < -0.39 is 10.0 Å². The number of halogens is 1. The molecule has 0 aliphatic carbocycles. The Morgan fingerprint density at radius 3 is 2.79 bits per heavy atom. The van der Waals surface area contributed by atoms with E-state index in [0.29, 0.717) is 23.4 Å². The predicted molar refractivity (Wildman–Crippen MR) is 77.8 cm³/mol. The molecule has 0 aliphatic heterocycles. The molecule has 6 nitrogen and oxygen atoms in total. The van der Waals surface area contributed by atoms with E-state index in [1.54, 1.807) is 13.1 Å². The van der Waals surface area contributed by atoms with E-state index in [9.17, 15) is 8.42 Å². The summed E-state index contributed by atoms with van der Waals surface area (Å²) in [5, 5.41) is 2.93. The molecule has 1 heterocycles. The molecule has 1 rings (SSSR count). The molecule has 108 valence electrons. The summed E-state index contributed by atoms with van der Waals surface area (Å²) in [5.74, 6) is 0.336. The Morgan fingerprint density at radius 2 is 2.21 bits per heavy atom.